The summed E-state index contributed by atoms with van der Waals surface area (Å²) in [5, 5.41) is 14.1. The molecule has 1 aromatic carbocycles. The van der Waals surface area contributed by atoms with Crippen LogP contribution in [0.1, 0.15) is 17.0 Å². The molecule has 148 valence electrons. The Labute approximate surface area is 177 Å². The molecule has 5 aromatic rings. The van der Waals surface area contributed by atoms with Gasteiger partial charge in [0.25, 0.3) is 0 Å². The number of aromatic nitrogens is 6. The topological polar surface area (TPSA) is 119 Å². The van der Waals surface area contributed by atoms with E-state index < -0.39 is 0 Å². The predicted molar refractivity (Wildman–Crippen MR) is 116 cm³/mol. The van der Waals surface area contributed by atoms with Gasteiger partial charge in [0.2, 0.25) is 0 Å². The molecule has 8 nitrogen and oxygen atoms in total. The molecule has 0 saturated heterocycles. The van der Waals surface area contributed by atoms with Gasteiger partial charge in [-0.1, -0.05) is 18.2 Å². The highest BCUT2D eigenvalue weighted by atomic mass is 15.3. The zero-order chi connectivity index (χ0) is 21.2. The van der Waals surface area contributed by atoms with E-state index in [-0.39, 0.29) is 0 Å². The summed E-state index contributed by atoms with van der Waals surface area (Å²) in [6.07, 6.45) is 5.46. The number of hydrogen-bond donors (Lipinski definition) is 1. The van der Waals surface area contributed by atoms with E-state index in [1.54, 1.807) is 35.1 Å². The summed E-state index contributed by atoms with van der Waals surface area (Å²) >= 11 is 0. The van der Waals surface area contributed by atoms with Crippen molar-refractivity contribution < 1.29 is 0 Å². The molecule has 5 rings (SSSR count). The molecule has 0 saturated carbocycles. The molecular formula is C23H16N8. The van der Waals surface area contributed by atoms with Crippen LogP contribution in [0.2, 0.25) is 0 Å². The van der Waals surface area contributed by atoms with E-state index in [1.165, 1.54) is 6.33 Å². The first-order chi connectivity index (χ1) is 15.2. The Morgan fingerprint density at radius 2 is 1.90 bits per heavy atom. The first-order valence-electron chi connectivity index (χ1n) is 9.58. The highest BCUT2D eigenvalue weighted by Gasteiger charge is 2.20. The monoisotopic (exact) mass is 404 g/mol. The maximum atomic E-state index is 9.33. The fourth-order valence-electron chi connectivity index (χ4n) is 3.49. The first kappa shape index (κ1) is 18.4. The lowest BCUT2D eigenvalue weighted by Gasteiger charge is -2.12. The Balaban J connectivity index is 1.76. The van der Waals surface area contributed by atoms with E-state index >= 15 is 0 Å². The van der Waals surface area contributed by atoms with Crippen LogP contribution in [0, 0.1) is 11.3 Å². The van der Waals surface area contributed by atoms with Crippen molar-refractivity contribution in [3.05, 3.63) is 90.3 Å². The van der Waals surface area contributed by atoms with Crippen LogP contribution in [0.3, 0.4) is 0 Å². The van der Waals surface area contributed by atoms with E-state index in [2.05, 4.69) is 26.0 Å². The maximum Gasteiger partial charge on any atom is 0.150 e. The second kappa shape index (κ2) is 7.65. The van der Waals surface area contributed by atoms with Crippen LogP contribution in [0.5, 0.6) is 0 Å². The summed E-state index contributed by atoms with van der Waals surface area (Å²) in [5.41, 5.74) is 11.9. The summed E-state index contributed by atoms with van der Waals surface area (Å²) in [6, 6.07) is 18.9. The number of rotatable bonds is 4. The van der Waals surface area contributed by atoms with Crippen molar-refractivity contribution in [2.45, 2.75) is 6.42 Å². The largest absolute Gasteiger partial charge is 0.382 e. The number of nitriles is 1. The lowest BCUT2D eigenvalue weighted by atomic mass is 10.0. The zero-order valence-corrected chi connectivity index (χ0v) is 16.3. The highest BCUT2D eigenvalue weighted by Crippen LogP contribution is 2.33. The molecule has 0 fully saturated rings. The molecule has 0 spiro atoms. The van der Waals surface area contributed by atoms with Crippen LogP contribution in [0.25, 0.3) is 28.2 Å². The van der Waals surface area contributed by atoms with Crippen molar-refractivity contribution in [1.82, 2.24) is 29.5 Å². The van der Waals surface area contributed by atoms with Gasteiger partial charge in [0.1, 0.15) is 29.0 Å². The van der Waals surface area contributed by atoms with E-state index in [1.807, 2.05) is 36.4 Å². The number of benzene rings is 1. The Morgan fingerprint density at radius 1 is 0.968 bits per heavy atom. The van der Waals surface area contributed by atoms with Gasteiger partial charge in [0.05, 0.1) is 23.0 Å². The average Bonchev–Trinajstić information content (AvgIpc) is 3.24. The van der Waals surface area contributed by atoms with Gasteiger partial charge in [0.15, 0.2) is 0 Å². The third-order valence-electron chi connectivity index (χ3n) is 4.87. The van der Waals surface area contributed by atoms with Crippen LogP contribution in [-0.2, 0) is 6.42 Å². The van der Waals surface area contributed by atoms with Crippen molar-refractivity contribution in [3.63, 3.8) is 0 Å². The van der Waals surface area contributed by atoms with Crippen molar-refractivity contribution in [3.8, 4) is 28.7 Å². The lowest BCUT2D eigenvalue weighted by molar-refractivity contribution is 0.895. The number of fused-ring (bicyclic) bond motifs is 1. The number of nitrogen functional groups attached to an aromatic ring is 1. The molecule has 0 aliphatic heterocycles. The Hall–Kier alpha value is -4.64. The zero-order valence-electron chi connectivity index (χ0n) is 16.3. The summed E-state index contributed by atoms with van der Waals surface area (Å²) in [5.74, 6) is 0.343. The normalized spacial score (nSPS) is 10.8. The van der Waals surface area contributed by atoms with Crippen molar-refractivity contribution >= 4 is 11.3 Å². The Kier molecular flexibility index (Phi) is 4.54. The fourth-order valence-corrected chi connectivity index (χ4v) is 3.49. The fraction of sp³-hybridized carbons (Fsp3) is 0.0435. The quantitative estimate of drug-likeness (QED) is 0.488. The van der Waals surface area contributed by atoms with Crippen molar-refractivity contribution in [2.75, 3.05) is 5.73 Å². The molecule has 8 heteroatoms. The van der Waals surface area contributed by atoms with E-state index in [0.717, 1.165) is 17.0 Å². The molecular weight excluding hydrogens is 388 g/mol. The van der Waals surface area contributed by atoms with Crippen LogP contribution >= 0.6 is 0 Å². The number of nitrogens with two attached hydrogens (primary N) is 1. The van der Waals surface area contributed by atoms with Crippen LogP contribution in [-0.4, -0.2) is 29.5 Å². The van der Waals surface area contributed by atoms with Crippen LogP contribution < -0.4 is 5.73 Å². The highest BCUT2D eigenvalue weighted by molar-refractivity contribution is 5.83. The molecule has 31 heavy (non-hydrogen) atoms. The van der Waals surface area contributed by atoms with E-state index in [4.69, 9.17) is 10.8 Å². The minimum atomic E-state index is 0.343. The summed E-state index contributed by atoms with van der Waals surface area (Å²) < 4.78 is 1.76. The van der Waals surface area contributed by atoms with Gasteiger partial charge in [0, 0.05) is 30.1 Å². The van der Waals surface area contributed by atoms with Crippen LogP contribution in [0.4, 0.5) is 5.82 Å². The predicted octanol–water partition coefficient (Wildman–Crippen LogP) is 3.29. The third-order valence-corrected chi connectivity index (χ3v) is 4.87. The van der Waals surface area contributed by atoms with Gasteiger partial charge in [-0.05, 0) is 36.4 Å². The minimum absolute atomic E-state index is 0.343. The van der Waals surface area contributed by atoms with Crippen molar-refractivity contribution in [1.29, 1.82) is 5.26 Å². The first-order valence-corrected chi connectivity index (χ1v) is 9.58. The van der Waals surface area contributed by atoms with E-state index in [9.17, 15) is 5.26 Å². The second-order valence-corrected chi connectivity index (χ2v) is 6.91. The second-order valence-electron chi connectivity index (χ2n) is 6.91. The molecule has 0 aliphatic carbocycles. The van der Waals surface area contributed by atoms with Gasteiger partial charge in [-0.15, -0.1) is 0 Å². The lowest BCUT2D eigenvalue weighted by Crippen LogP contribution is -2.06. The smallest absolute Gasteiger partial charge is 0.150 e. The molecule has 0 amide bonds. The molecule has 4 heterocycles. The molecule has 0 atom stereocenters. The van der Waals surface area contributed by atoms with Gasteiger partial charge in [-0.2, -0.15) is 10.4 Å². The van der Waals surface area contributed by atoms with Gasteiger partial charge >= 0.3 is 0 Å². The number of pyridine rings is 1. The summed E-state index contributed by atoms with van der Waals surface area (Å²) in [7, 11) is 0. The Morgan fingerprint density at radius 3 is 2.68 bits per heavy atom. The van der Waals surface area contributed by atoms with Gasteiger partial charge < -0.3 is 5.73 Å². The standard InChI is InChI=1S/C23H16N8/c24-13-15-4-3-5-16(10-15)21-22(19-7-9-26-14-28-19)31-20(23(25)29-21)12-18(30-31)11-17-6-1-2-8-27-17/h1-10,12,14H,11H2,(H2,25,29). The van der Waals surface area contributed by atoms with Gasteiger partial charge in [-0.3, -0.25) is 4.98 Å². The SMILES string of the molecule is N#Cc1cccc(-c2nc(N)c3cc(Cc4ccccn4)nn3c2-c2ccncn2)c1. The molecule has 2 N–H and O–H groups in total. The number of hydrogen-bond acceptors (Lipinski definition) is 7. The maximum absolute atomic E-state index is 9.33. The number of anilines is 1. The van der Waals surface area contributed by atoms with Crippen LogP contribution in [0.15, 0.2) is 73.3 Å². The molecule has 0 aliphatic rings. The average molecular weight is 404 g/mol. The van der Waals surface area contributed by atoms with Crippen molar-refractivity contribution in [2.24, 2.45) is 0 Å². The summed E-state index contributed by atoms with van der Waals surface area (Å²) in [6.45, 7) is 0. The Bertz CT molecular complexity index is 1420. The molecule has 0 radical (unpaired) electrons. The molecule has 4 aromatic heterocycles. The third kappa shape index (κ3) is 3.45. The number of nitrogens with zero attached hydrogens (tertiary/aromatic N) is 7. The van der Waals surface area contributed by atoms with Gasteiger partial charge in [-0.25, -0.2) is 19.5 Å². The molecule has 0 bridgehead atoms. The minimum Gasteiger partial charge on any atom is -0.382 e. The summed E-state index contributed by atoms with van der Waals surface area (Å²) in [4.78, 5) is 17.5. The van der Waals surface area contributed by atoms with E-state index in [0.29, 0.717) is 40.4 Å². The molecule has 0 unspecified atom stereocenters.